The van der Waals surface area contributed by atoms with Gasteiger partial charge < -0.3 is 10.5 Å². The third-order valence-corrected chi connectivity index (χ3v) is 2.86. The van der Waals surface area contributed by atoms with E-state index in [-0.39, 0.29) is 12.2 Å². The van der Waals surface area contributed by atoms with Crippen molar-refractivity contribution in [3.05, 3.63) is 58.9 Å². The highest BCUT2D eigenvalue weighted by Gasteiger charge is 2.12. The molecule has 19 heavy (non-hydrogen) atoms. The zero-order chi connectivity index (χ0) is 13.7. The summed E-state index contributed by atoms with van der Waals surface area (Å²) in [5, 5.41) is 0.331. The van der Waals surface area contributed by atoms with Crippen LogP contribution >= 0.6 is 11.6 Å². The average Bonchev–Trinajstić information content (AvgIpc) is 2.42. The Kier molecular flexibility index (Phi) is 4.36. The summed E-state index contributed by atoms with van der Waals surface area (Å²) in [6.45, 7) is 0.251. The number of esters is 1. The van der Waals surface area contributed by atoms with Crippen LogP contribution in [0.3, 0.4) is 0 Å². The molecule has 4 nitrogen and oxygen atoms in total. The first kappa shape index (κ1) is 13.4. The van der Waals surface area contributed by atoms with E-state index >= 15 is 0 Å². The van der Waals surface area contributed by atoms with E-state index in [2.05, 4.69) is 4.98 Å². The molecule has 2 aromatic rings. The van der Waals surface area contributed by atoms with Crippen molar-refractivity contribution in [1.29, 1.82) is 0 Å². The van der Waals surface area contributed by atoms with Gasteiger partial charge in [-0.15, -0.1) is 0 Å². The van der Waals surface area contributed by atoms with Gasteiger partial charge in [-0.3, -0.25) is 4.98 Å². The summed E-state index contributed by atoms with van der Waals surface area (Å²) in [6, 6.07) is 10.3. The van der Waals surface area contributed by atoms with Gasteiger partial charge in [0.15, 0.2) is 0 Å². The molecule has 5 heteroatoms. The number of nitrogen functional groups attached to an aromatic ring is 1. The highest BCUT2D eigenvalue weighted by Crippen LogP contribution is 2.19. The molecule has 0 unspecified atom stereocenters. The van der Waals surface area contributed by atoms with E-state index in [4.69, 9.17) is 22.1 Å². The van der Waals surface area contributed by atoms with Crippen LogP contribution < -0.4 is 5.73 Å². The van der Waals surface area contributed by atoms with Crippen molar-refractivity contribution in [2.75, 3.05) is 12.3 Å². The van der Waals surface area contributed by atoms with Crippen LogP contribution in [-0.4, -0.2) is 17.6 Å². The maximum Gasteiger partial charge on any atom is 0.339 e. The highest BCUT2D eigenvalue weighted by molar-refractivity contribution is 6.33. The van der Waals surface area contributed by atoms with Gasteiger partial charge in [-0.05, 0) is 30.3 Å². The molecule has 0 aliphatic carbocycles. The second-order valence-corrected chi connectivity index (χ2v) is 4.35. The van der Waals surface area contributed by atoms with Crippen molar-refractivity contribution in [1.82, 2.24) is 4.98 Å². The molecule has 0 saturated heterocycles. The van der Waals surface area contributed by atoms with Crippen molar-refractivity contribution in [3.8, 4) is 0 Å². The van der Waals surface area contributed by atoms with E-state index in [0.717, 1.165) is 5.69 Å². The molecule has 2 N–H and O–H groups in total. The number of nitrogens with zero attached hydrogens (tertiary/aromatic N) is 1. The van der Waals surface area contributed by atoms with Gasteiger partial charge in [0.25, 0.3) is 0 Å². The van der Waals surface area contributed by atoms with Gasteiger partial charge in [0.1, 0.15) is 0 Å². The second kappa shape index (κ2) is 6.20. The van der Waals surface area contributed by atoms with Crippen molar-refractivity contribution in [2.24, 2.45) is 0 Å². The minimum absolute atomic E-state index is 0.251. The molecule has 0 amide bonds. The van der Waals surface area contributed by atoms with Gasteiger partial charge in [0.05, 0.1) is 17.2 Å². The second-order valence-electron chi connectivity index (χ2n) is 3.95. The number of anilines is 1. The molecule has 0 radical (unpaired) electrons. The number of ether oxygens (including phenoxy) is 1. The van der Waals surface area contributed by atoms with Crippen LogP contribution in [0.4, 0.5) is 5.69 Å². The Bertz CT molecular complexity index is 573. The van der Waals surface area contributed by atoms with Crippen LogP contribution in [-0.2, 0) is 11.2 Å². The van der Waals surface area contributed by atoms with Gasteiger partial charge in [-0.2, -0.15) is 0 Å². The van der Waals surface area contributed by atoms with E-state index in [9.17, 15) is 4.79 Å². The van der Waals surface area contributed by atoms with E-state index in [1.807, 2.05) is 18.2 Å². The minimum atomic E-state index is -0.478. The fourth-order valence-electron chi connectivity index (χ4n) is 1.57. The fourth-order valence-corrected chi connectivity index (χ4v) is 1.77. The molecule has 2 rings (SSSR count). The lowest BCUT2D eigenvalue weighted by Crippen LogP contribution is -2.09. The Morgan fingerprint density at radius 2 is 2.16 bits per heavy atom. The average molecular weight is 277 g/mol. The van der Waals surface area contributed by atoms with Crippen LogP contribution in [0.25, 0.3) is 0 Å². The van der Waals surface area contributed by atoms with Gasteiger partial charge in [0, 0.05) is 24.0 Å². The number of nitrogens with two attached hydrogens (primary N) is 1. The number of hydrogen-bond acceptors (Lipinski definition) is 4. The summed E-state index contributed by atoms with van der Waals surface area (Å²) in [5.74, 6) is -0.478. The highest BCUT2D eigenvalue weighted by atomic mass is 35.5. The molecular formula is C14H13ClN2O2. The van der Waals surface area contributed by atoms with Gasteiger partial charge >= 0.3 is 5.97 Å². The number of pyridine rings is 1. The third kappa shape index (κ3) is 3.69. The summed E-state index contributed by atoms with van der Waals surface area (Å²) in [5.41, 5.74) is 7.23. The normalized spacial score (nSPS) is 10.2. The van der Waals surface area contributed by atoms with E-state index in [1.165, 1.54) is 6.07 Å². The number of carbonyl (C=O) groups is 1. The minimum Gasteiger partial charge on any atom is -0.462 e. The predicted molar refractivity (Wildman–Crippen MR) is 74.1 cm³/mol. The summed E-state index contributed by atoms with van der Waals surface area (Å²) in [6.07, 6.45) is 2.26. The fraction of sp³-hybridized carbons (Fsp3) is 0.143. The van der Waals surface area contributed by atoms with Crippen LogP contribution in [0.15, 0.2) is 42.6 Å². The molecule has 0 aliphatic rings. The smallest absolute Gasteiger partial charge is 0.339 e. The molecule has 0 atom stereocenters. The van der Waals surface area contributed by atoms with E-state index in [0.29, 0.717) is 17.1 Å². The summed E-state index contributed by atoms with van der Waals surface area (Å²) < 4.78 is 5.15. The summed E-state index contributed by atoms with van der Waals surface area (Å²) in [4.78, 5) is 16.0. The molecule has 0 aliphatic heterocycles. The number of rotatable bonds is 4. The Morgan fingerprint density at radius 1 is 1.32 bits per heavy atom. The van der Waals surface area contributed by atoms with Crippen molar-refractivity contribution >= 4 is 23.3 Å². The zero-order valence-corrected chi connectivity index (χ0v) is 10.9. The third-order valence-electron chi connectivity index (χ3n) is 2.53. The number of aromatic nitrogens is 1. The first-order valence-corrected chi connectivity index (χ1v) is 6.16. The molecule has 0 saturated carbocycles. The number of halogens is 1. The van der Waals surface area contributed by atoms with Gasteiger partial charge in [0.2, 0.25) is 0 Å². The van der Waals surface area contributed by atoms with Crippen molar-refractivity contribution in [3.63, 3.8) is 0 Å². The SMILES string of the molecule is Nc1ccc(Cl)c(C(=O)OCCc2ccccn2)c1. The predicted octanol–water partition coefficient (Wildman–Crippen LogP) is 2.72. The topological polar surface area (TPSA) is 65.2 Å². The summed E-state index contributed by atoms with van der Waals surface area (Å²) >= 11 is 5.92. The van der Waals surface area contributed by atoms with Crippen LogP contribution in [0.5, 0.6) is 0 Å². The van der Waals surface area contributed by atoms with Gasteiger partial charge in [-0.1, -0.05) is 17.7 Å². The van der Waals surface area contributed by atoms with E-state index < -0.39 is 5.97 Å². The van der Waals surface area contributed by atoms with Crippen molar-refractivity contribution in [2.45, 2.75) is 6.42 Å². The molecule has 0 spiro atoms. The quantitative estimate of drug-likeness (QED) is 0.689. The van der Waals surface area contributed by atoms with Crippen LogP contribution in [0.1, 0.15) is 16.1 Å². The maximum atomic E-state index is 11.8. The first-order chi connectivity index (χ1) is 9.16. The monoisotopic (exact) mass is 276 g/mol. The van der Waals surface area contributed by atoms with Crippen LogP contribution in [0.2, 0.25) is 5.02 Å². The Labute approximate surface area is 116 Å². The number of benzene rings is 1. The Balaban J connectivity index is 1.93. The van der Waals surface area contributed by atoms with Gasteiger partial charge in [-0.25, -0.2) is 4.79 Å². The molecule has 98 valence electrons. The standard InChI is InChI=1S/C14H13ClN2O2/c15-13-5-4-10(16)9-12(13)14(18)19-8-6-11-3-1-2-7-17-11/h1-5,7,9H,6,8,16H2. The molecular weight excluding hydrogens is 264 g/mol. The number of carbonyl (C=O) groups excluding carboxylic acids is 1. The lowest BCUT2D eigenvalue weighted by atomic mass is 10.2. The lowest BCUT2D eigenvalue weighted by molar-refractivity contribution is 0.0508. The van der Waals surface area contributed by atoms with Crippen molar-refractivity contribution < 1.29 is 9.53 Å². The first-order valence-electron chi connectivity index (χ1n) is 5.79. The molecule has 1 aromatic carbocycles. The molecule has 1 heterocycles. The maximum absolute atomic E-state index is 11.8. The Morgan fingerprint density at radius 3 is 2.89 bits per heavy atom. The van der Waals surface area contributed by atoms with Crippen LogP contribution in [0, 0.1) is 0 Å². The lowest BCUT2D eigenvalue weighted by Gasteiger charge is -2.06. The number of hydrogen-bond donors (Lipinski definition) is 1. The Hall–Kier alpha value is -2.07. The molecule has 0 fully saturated rings. The zero-order valence-electron chi connectivity index (χ0n) is 10.2. The molecule has 1 aromatic heterocycles. The largest absolute Gasteiger partial charge is 0.462 e. The van der Waals surface area contributed by atoms with E-state index in [1.54, 1.807) is 18.3 Å². The summed E-state index contributed by atoms with van der Waals surface area (Å²) in [7, 11) is 0. The molecule has 0 bridgehead atoms.